The summed E-state index contributed by atoms with van der Waals surface area (Å²) in [4.78, 5) is 12.7. The smallest absolute Gasteiger partial charge is 0.264 e. The number of rotatable bonds is 7. The molecule has 1 fully saturated rings. The molecule has 0 aromatic heterocycles. The Morgan fingerprint density at radius 2 is 1.64 bits per heavy atom. The summed E-state index contributed by atoms with van der Waals surface area (Å²) < 4.78 is 27.8. The minimum absolute atomic E-state index is 0.0908. The first-order chi connectivity index (χ1) is 13.5. The van der Waals surface area contributed by atoms with E-state index >= 15 is 0 Å². The predicted octanol–water partition coefficient (Wildman–Crippen LogP) is 4.03. The molecule has 0 saturated heterocycles. The summed E-state index contributed by atoms with van der Waals surface area (Å²) in [7, 11) is -3.75. The number of sulfonamides is 1. The molecule has 0 aliphatic heterocycles. The van der Waals surface area contributed by atoms with E-state index < -0.39 is 10.0 Å². The lowest BCUT2D eigenvalue weighted by molar-refractivity contribution is -0.121. The third kappa shape index (κ3) is 5.13. The zero-order valence-corrected chi connectivity index (χ0v) is 17.1. The Morgan fingerprint density at radius 3 is 2.29 bits per heavy atom. The standard InChI is InChI=1S/C22H28N2O3S/c1-18-12-14-21(15-13-18)28(26,27)24(20-10-6-3-7-11-20)17-16-22(25)23-19-8-4-2-5-9-19/h3,6-7,10-15,19H,2,4-5,8-9,16-17H2,1H3,(H,23,25). The number of aryl methyl sites for hydroxylation is 1. The Labute approximate surface area is 167 Å². The summed E-state index contributed by atoms with van der Waals surface area (Å²) in [6.45, 7) is 2.03. The lowest BCUT2D eigenvalue weighted by Gasteiger charge is -2.26. The highest BCUT2D eigenvalue weighted by atomic mass is 32.2. The summed E-state index contributed by atoms with van der Waals surface area (Å²) in [6, 6.07) is 16.0. The van der Waals surface area contributed by atoms with E-state index in [0.29, 0.717) is 5.69 Å². The normalized spacial score (nSPS) is 15.2. The Kier molecular flexibility index (Phi) is 6.73. The van der Waals surface area contributed by atoms with Gasteiger partial charge in [0.15, 0.2) is 0 Å². The number of para-hydroxylation sites is 1. The van der Waals surface area contributed by atoms with Crippen molar-refractivity contribution < 1.29 is 13.2 Å². The van der Waals surface area contributed by atoms with E-state index in [1.165, 1.54) is 10.7 Å². The fourth-order valence-corrected chi connectivity index (χ4v) is 5.04. The van der Waals surface area contributed by atoms with Gasteiger partial charge in [0.1, 0.15) is 0 Å². The first-order valence-electron chi connectivity index (χ1n) is 9.90. The van der Waals surface area contributed by atoms with Gasteiger partial charge in [-0.1, -0.05) is 55.2 Å². The van der Waals surface area contributed by atoms with Gasteiger partial charge in [0.25, 0.3) is 10.0 Å². The molecule has 0 unspecified atom stereocenters. The molecule has 0 radical (unpaired) electrons. The lowest BCUT2D eigenvalue weighted by Crippen LogP contribution is -2.39. The molecular weight excluding hydrogens is 372 g/mol. The molecule has 0 atom stereocenters. The van der Waals surface area contributed by atoms with E-state index in [-0.39, 0.29) is 29.8 Å². The second kappa shape index (κ2) is 9.24. The van der Waals surface area contributed by atoms with Crippen molar-refractivity contribution in [2.75, 3.05) is 10.8 Å². The molecule has 1 saturated carbocycles. The van der Waals surface area contributed by atoms with Crippen molar-refractivity contribution in [2.45, 2.75) is 56.4 Å². The summed E-state index contributed by atoms with van der Waals surface area (Å²) in [6.07, 6.45) is 5.66. The molecule has 28 heavy (non-hydrogen) atoms. The minimum Gasteiger partial charge on any atom is -0.353 e. The van der Waals surface area contributed by atoms with Crippen molar-refractivity contribution >= 4 is 21.6 Å². The third-order valence-electron chi connectivity index (χ3n) is 5.17. The van der Waals surface area contributed by atoms with Crippen LogP contribution in [0.3, 0.4) is 0 Å². The van der Waals surface area contributed by atoms with Crippen LogP contribution in [-0.4, -0.2) is 26.9 Å². The van der Waals surface area contributed by atoms with Crippen molar-refractivity contribution in [1.29, 1.82) is 0 Å². The second-order valence-corrected chi connectivity index (χ2v) is 9.24. The van der Waals surface area contributed by atoms with Crippen LogP contribution in [-0.2, 0) is 14.8 Å². The van der Waals surface area contributed by atoms with Crippen LogP contribution in [0.2, 0.25) is 0 Å². The number of benzene rings is 2. The van der Waals surface area contributed by atoms with Gasteiger partial charge >= 0.3 is 0 Å². The predicted molar refractivity (Wildman–Crippen MR) is 112 cm³/mol. The average Bonchev–Trinajstić information content (AvgIpc) is 2.70. The Morgan fingerprint density at radius 1 is 1.00 bits per heavy atom. The van der Waals surface area contributed by atoms with E-state index in [9.17, 15) is 13.2 Å². The highest BCUT2D eigenvalue weighted by Gasteiger charge is 2.26. The van der Waals surface area contributed by atoms with Gasteiger partial charge in [-0.05, 0) is 44.0 Å². The number of hydrogen-bond acceptors (Lipinski definition) is 3. The van der Waals surface area contributed by atoms with Crippen LogP contribution in [0, 0.1) is 6.92 Å². The van der Waals surface area contributed by atoms with Crippen LogP contribution in [0.4, 0.5) is 5.69 Å². The Bertz CT molecular complexity index is 874. The van der Waals surface area contributed by atoms with E-state index in [1.54, 1.807) is 48.5 Å². The van der Waals surface area contributed by atoms with Gasteiger partial charge in [0.2, 0.25) is 5.91 Å². The summed E-state index contributed by atoms with van der Waals surface area (Å²) in [5.41, 5.74) is 1.56. The van der Waals surface area contributed by atoms with Crippen molar-refractivity contribution in [3.63, 3.8) is 0 Å². The maximum Gasteiger partial charge on any atom is 0.264 e. The van der Waals surface area contributed by atoms with Gasteiger partial charge in [-0.25, -0.2) is 8.42 Å². The summed E-state index contributed by atoms with van der Waals surface area (Å²) >= 11 is 0. The average molecular weight is 401 g/mol. The SMILES string of the molecule is Cc1ccc(S(=O)(=O)N(CCC(=O)NC2CCCCC2)c2ccccc2)cc1. The molecule has 0 spiro atoms. The number of amides is 1. The fourth-order valence-electron chi connectivity index (χ4n) is 3.57. The number of hydrogen-bond donors (Lipinski definition) is 1. The van der Waals surface area contributed by atoms with Crippen LogP contribution in [0.15, 0.2) is 59.5 Å². The molecule has 150 valence electrons. The quantitative estimate of drug-likeness (QED) is 0.763. The highest BCUT2D eigenvalue weighted by molar-refractivity contribution is 7.92. The first kappa shape index (κ1) is 20.4. The maximum atomic E-state index is 13.2. The largest absolute Gasteiger partial charge is 0.353 e. The van der Waals surface area contributed by atoms with E-state index in [0.717, 1.165) is 31.2 Å². The molecule has 0 heterocycles. The van der Waals surface area contributed by atoms with Gasteiger partial charge in [0.05, 0.1) is 10.6 Å². The molecule has 0 bridgehead atoms. The lowest BCUT2D eigenvalue weighted by atomic mass is 9.95. The number of carbonyl (C=O) groups is 1. The van der Waals surface area contributed by atoms with E-state index in [1.807, 2.05) is 13.0 Å². The number of carbonyl (C=O) groups excluding carboxylic acids is 1. The topological polar surface area (TPSA) is 66.5 Å². The van der Waals surface area contributed by atoms with E-state index in [4.69, 9.17) is 0 Å². The molecule has 1 aliphatic rings. The first-order valence-corrected chi connectivity index (χ1v) is 11.3. The van der Waals surface area contributed by atoms with Crippen LogP contribution >= 0.6 is 0 Å². The van der Waals surface area contributed by atoms with Crippen LogP contribution in [0.25, 0.3) is 0 Å². The molecule has 5 nitrogen and oxygen atoms in total. The summed E-state index contributed by atoms with van der Waals surface area (Å²) in [5.74, 6) is -0.0908. The molecule has 3 rings (SSSR count). The molecular formula is C22H28N2O3S. The van der Waals surface area contributed by atoms with Crippen molar-refractivity contribution in [2.24, 2.45) is 0 Å². The number of nitrogens with zero attached hydrogens (tertiary/aromatic N) is 1. The van der Waals surface area contributed by atoms with Gasteiger partial charge < -0.3 is 5.32 Å². The van der Waals surface area contributed by atoms with Gasteiger partial charge in [-0.15, -0.1) is 0 Å². The van der Waals surface area contributed by atoms with Crippen LogP contribution in [0.1, 0.15) is 44.1 Å². The molecule has 2 aromatic carbocycles. The minimum atomic E-state index is -3.75. The Hall–Kier alpha value is -2.34. The van der Waals surface area contributed by atoms with Gasteiger partial charge in [-0.2, -0.15) is 0 Å². The number of anilines is 1. The van der Waals surface area contributed by atoms with Crippen molar-refractivity contribution in [3.05, 3.63) is 60.2 Å². The zero-order chi connectivity index (χ0) is 20.0. The fraction of sp³-hybridized carbons (Fsp3) is 0.409. The molecule has 1 N–H and O–H groups in total. The monoisotopic (exact) mass is 400 g/mol. The van der Waals surface area contributed by atoms with Crippen molar-refractivity contribution in [1.82, 2.24) is 5.32 Å². The summed E-state index contributed by atoms with van der Waals surface area (Å²) in [5, 5.41) is 3.06. The molecule has 1 amide bonds. The molecule has 6 heteroatoms. The molecule has 1 aliphatic carbocycles. The second-order valence-electron chi connectivity index (χ2n) is 7.38. The third-order valence-corrected chi connectivity index (χ3v) is 7.01. The van der Waals surface area contributed by atoms with Gasteiger partial charge in [0, 0.05) is 19.0 Å². The van der Waals surface area contributed by atoms with Crippen LogP contribution < -0.4 is 9.62 Å². The van der Waals surface area contributed by atoms with E-state index in [2.05, 4.69) is 5.32 Å². The van der Waals surface area contributed by atoms with Gasteiger partial charge in [-0.3, -0.25) is 9.10 Å². The number of nitrogens with one attached hydrogen (secondary N) is 1. The van der Waals surface area contributed by atoms with Crippen molar-refractivity contribution in [3.8, 4) is 0 Å². The zero-order valence-electron chi connectivity index (χ0n) is 16.3. The Balaban J connectivity index is 1.76. The van der Waals surface area contributed by atoms with Crippen LogP contribution in [0.5, 0.6) is 0 Å². The highest BCUT2D eigenvalue weighted by Crippen LogP contribution is 2.24. The maximum absolute atomic E-state index is 13.2. The molecule has 2 aromatic rings.